The lowest BCUT2D eigenvalue weighted by Crippen LogP contribution is -2.52. The monoisotopic (exact) mass is 456 g/mol. The molecule has 178 valence electrons. The van der Waals surface area contributed by atoms with E-state index in [9.17, 15) is 9.59 Å². The van der Waals surface area contributed by atoms with Gasteiger partial charge in [-0.1, -0.05) is 96.9 Å². The van der Waals surface area contributed by atoms with Crippen molar-refractivity contribution in [2.24, 2.45) is 0 Å². The largest absolute Gasteiger partial charge is 0.352 e. The number of rotatable bonds is 10. The zero-order valence-corrected chi connectivity index (χ0v) is 20.8. The summed E-state index contributed by atoms with van der Waals surface area (Å²) >= 11 is 0. The average Bonchev–Trinajstić information content (AvgIpc) is 2.81. The summed E-state index contributed by atoms with van der Waals surface area (Å²) in [6.07, 6.45) is 1.56. The molecule has 0 spiro atoms. The van der Waals surface area contributed by atoms with Gasteiger partial charge in [-0.25, -0.2) is 0 Å². The predicted molar refractivity (Wildman–Crippen MR) is 138 cm³/mol. The van der Waals surface area contributed by atoms with Crippen LogP contribution in [0.25, 0.3) is 0 Å². The molecule has 0 aromatic heterocycles. The summed E-state index contributed by atoms with van der Waals surface area (Å²) in [7, 11) is 0. The van der Waals surface area contributed by atoms with E-state index in [1.165, 1.54) is 0 Å². The minimum Gasteiger partial charge on any atom is -0.352 e. The van der Waals surface area contributed by atoms with Crippen molar-refractivity contribution in [3.63, 3.8) is 0 Å². The molecule has 0 fully saturated rings. The van der Waals surface area contributed by atoms with Crippen molar-refractivity contribution in [3.8, 4) is 0 Å². The van der Waals surface area contributed by atoms with Crippen molar-refractivity contribution < 1.29 is 9.59 Å². The summed E-state index contributed by atoms with van der Waals surface area (Å²) in [6.45, 7) is 8.51. The fraction of sp³-hybridized carbons (Fsp3) is 0.333. The first-order valence-corrected chi connectivity index (χ1v) is 12.1. The quantitative estimate of drug-likeness (QED) is 0.444. The Morgan fingerprint density at radius 2 is 1.38 bits per heavy atom. The molecule has 3 aromatic rings. The molecule has 3 aromatic carbocycles. The van der Waals surface area contributed by atoms with Crippen LogP contribution in [0.1, 0.15) is 48.1 Å². The highest BCUT2D eigenvalue weighted by molar-refractivity contribution is 5.89. The minimum atomic E-state index is -0.602. The summed E-state index contributed by atoms with van der Waals surface area (Å²) in [4.78, 5) is 29.0. The molecule has 0 aliphatic rings. The standard InChI is InChI=1S/C30H36N2O2/c1-5-24(4)31-30(34)28(19-25-12-8-6-9-13-25)32(21-26-14-10-7-11-15-26)29(33)20-27-17-22(2)16-23(3)18-27/h6-18,24,28H,5,19-21H2,1-4H3,(H,31,34)/t24-,28+/m1/s1. The molecule has 0 saturated heterocycles. The van der Waals surface area contributed by atoms with Gasteiger partial charge in [-0.2, -0.15) is 0 Å². The highest BCUT2D eigenvalue weighted by Gasteiger charge is 2.31. The second kappa shape index (κ2) is 12.2. The molecule has 2 amide bonds. The van der Waals surface area contributed by atoms with Crippen molar-refractivity contribution in [1.29, 1.82) is 0 Å². The molecule has 0 aliphatic carbocycles. The van der Waals surface area contributed by atoms with Crippen molar-refractivity contribution in [1.82, 2.24) is 10.2 Å². The first kappa shape index (κ1) is 25.2. The lowest BCUT2D eigenvalue weighted by atomic mass is 10.00. The molecule has 4 heteroatoms. The Hall–Kier alpha value is -3.40. The topological polar surface area (TPSA) is 49.4 Å². The Bertz CT molecular complexity index is 1060. The van der Waals surface area contributed by atoms with Gasteiger partial charge in [-0.05, 0) is 43.9 Å². The third-order valence-corrected chi connectivity index (χ3v) is 6.10. The number of carbonyl (C=O) groups excluding carboxylic acids is 2. The second-order valence-electron chi connectivity index (χ2n) is 9.20. The third kappa shape index (κ3) is 7.31. The number of nitrogens with zero attached hydrogens (tertiary/aromatic N) is 1. The molecule has 0 radical (unpaired) electrons. The maximum atomic E-state index is 13.8. The van der Waals surface area contributed by atoms with Gasteiger partial charge in [0.25, 0.3) is 0 Å². The van der Waals surface area contributed by atoms with Crippen molar-refractivity contribution >= 4 is 11.8 Å². The van der Waals surface area contributed by atoms with Gasteiger partial charge >= 0.3 is 0 Å². The summed E-state index contributed by atoms with van der Waals surface area (Å²) in [5.74, 6) is -0.156. The smallest absolute Gasteiger partial charge is 0.243 e. The summed E-state index contributed by atoms with van der Waals surface area (Å²) in [5, 5.41) is 3.12. The van der Waals surface area contributed by atoms with E-state index in [-0.39, 0.29) is 24.3 Å². The van der Waals surface area contributed by atoms with Crippen LogP contribution in [0.2, 0.25) is 0 Å². The van der Waals surface area contributed by atoms with Gasteiger partial charge in [0.2, 0.25) is 11.8 Å². The van der Waals surface area contributed by atoms with Crippen LogP contribution in [-0.2, 0) is 29.0 Å². The van der Waals surface area contributed by atoms with E-state index >= 15 is 0 Å². The number of carbonyl (C=O) groups is 2. The van der Waals surface area contributed by atoms with Gasteiger partial charge in [0.15, 0.2) is 0 Å². The van der Waals surface area contributed by atoms with Gasteiger partial charge in [-0.3, -0.25) is 9.59 Å². The molecule has 0 aliphatic heterocycles. The number of aryl methyl sites for hydroxylation is 2. The number of hydrogen-bond donors (Lipinski definition) is 1. The van der Waals surface area contributed by atoms with Gasteiger partial charge < -0.3 is 10.2 Å². The zero-order chi connectivity index (χ0) is 24.5. The van der Waals surface area contributed by atoms with Gasteiger partial charge in [0.1, 0.15) is 6.04 Å². The number of nitrogens with one attached hydrogen (secondary N) is 1. The predicted octanol–water partition coefficient (Wildman–Crippen LogP) is 5.40. The molecule has 0 heterocycles. The second-order valence-corrected chi connectivity index (χ2v) is 9.20. The Morgan fingerprint density at radius 3 is 1.94 bits per heavy atom. The molecule has 1 N–H and O–H groups in total. The van der Waals surface area contributed by atoms with E-state index in [2.05, 4.69) is 23.5 Å². The van der Waals surface area contributed by atoms with Crippen LogP contribution < -0.4 is 5.32 Å². The van der Waals surface area contributed by atoms with Crippen LogP contribution in [0.4, 0.5) is 0 Å². The lowest BCUT2D eigenvalue weighted by Gasteiger charge is -2.32. The van der Waals surface area contributed by atoms with E-state index in [1.807, 2.05) is 88.4 Å². The normalized spacial score (nSPS) is 12.6. The summed E-state index contributed by atoms with van der Waals surface area (Å²) < 4.78 is 0. The first-order valence-electron chi connectivity index (χ1n) is 12.1. The first-order chi connectivity index (χ1) is 16.4. The van der Waals surface area contributed by atoms with E-state index in [0.29, 0.717) is 13.0 Å². The van der Waals surface area contributed by atoms with E-state index in [1.54, 1.807) is 4.90 Å². The molecule has 34 heavy (non-hydrogen) atoms. The lowest BCUT2D eigenvalue weighted by molar-refractivity contribution is -0.141. The molecule has 2 atom stereocenters. The van der Waals surface area contributed by atoms with Crippen molar-refractivity contribution in [2.75, 3.05) is 0 Å². The fourth-order valence-electron chi connectivity index (χ4n) is 4.22. The Balaban J connectivity index is 1.97. The Kier molecular flexibility index (Phi) is 9.03. The Morgan fingerprint density at radius 1 is 0.824 bits per heavy atom. The average molecular weight is 457 g/mol. The molecule has 4 nitrogen and oxygen atoms in total. The van der Waals surface area contributed by atoms with Crippen LogP contribution in [0.5, 0.6) is 0 Å². The van der Waals surface area contributed by atoms with E-state index in [0.717, 1.165) is 34.2 Å². The molecule has 0 bridgehead atoms. The summed E-state index contributed by atoms with van der Waals surface area (Å²) in [5.41, 5.74) is 5.27. The van der Waals surface area contributed by atoms with E-state index < -0.39 is 6.04 Å². The molecular formula is C30H36N2O2. The third-order valence-electron chi connectivity index (χ3n) is 6.10. The zero-order valence-electron chi connectivity index (χ0n) is 20.8. The van der Waals surface area contributed by atoms with Crippen LogP contribution in [0, 0.1) is 13.8 Å². The van der Waals surface area contributed by atoms with Crippen LogP contribution in [0.15, 0.2) is 78.9 Å². The minimum absolute atomic E-state index is 0.0406. The van der Waals surface area contributed by atoms with Gasteiger partial charge in [-0.15, -0.1) is 0 Å². The summed E-state index contributed by atoms with van der Waals surface area (Å²) in [6, 6.07) is 25.5. The number of benzene rings is 3. The highest BCUT2D eigenvalue weighted by Crippen LogP contribution is 2.18. The van der Waals surface area contributed by atoms with Crippen LogP contribution in [0.3, 0.4) is 0 Å². The van der Waals surface area contributed by atoms with Crippen molar-refractivity contribution in [2.45, 2.75) is 65.6 Å². The molecule has 0 unspecified atom stereocenters. The SMILES string of the molecule is CC[C@@H](C)NC(=O)[C@H](Cc1ccccc1)N(Cc1ccccc1)C(=O)Cc1cc(C)cc(C)c1. The molecule has 0 saturated carbocycles. The number of hydrogen-bond acceptors (Lipinski definition) is 2. The van der Waals surface area contributed by atoms with E-state index in [4.69, 9.17) is 0 Å². The maximum absolute atomic E-state index is 13.8. The van der Waals surface area contributed by atoms with Crippen LogP contribution in [-0.4, -0.2) is 28.8 Å². The van der Waals surface area contributed by atoms with Crippen LogP contribution >= 0.6 is 0 Å². The van der Waals surface area contributed by atoms with Gasteiger partial charge in [0, 0.05) is 19.0 Å². The molecular weight excluding hydrogens is 420 g/mol. The Labute approximate surface area is 204 Å². The molecule has 3 rings (SSSR count). The van der Waals surface area contributed by atoms with Crippen molar-refractivity contribution in [3.05, 3.63) is 107 Å². The fourth-order valence-corrected chi connectivity index (χ4v) is 4.22. The maximum Gasteiger partial charge on any atom is 0.243 e. The van der Waals surface area contributed by atoms with Gasteiger partial charge in [0.05, 0.1) is 6.42 Å². The highest BCUT2D eigenvalue weighted by atomic mass is 16.2. The number of amides is 2.